The summed E-state index contributed by atoms with van der Waals surface area (Å²) in [4.78, 5) is 12.4. The quantitative estimate of drug-likeness (QED) is 0.676. The first-order valence-corrected chi connectivity index (χ1v) is 10.5. The number of piperidine rings is 1. The number of nitrogens with two attached hydrogens (primary N) is 1. The largest absolute Gasteiger partial charge is 0.392 e. The van der Waals surface area contributed by atoms with E-state index in [1.165, 1.54) is 0 Å². The summed E-state index contributed by atoms with van der Waals surface area (Å²) in [6.07, 6.45) is 2.08. The Labute approximate surface area is 163 Å². The van der Waals surface area contributed by atoms with Crippen molar-refractivity contribution in [3.63, 3.8) is 0 Å². The first-order valence-electron chi connectivity index (χ1n) is 9.11. The van der Waals surface area contributed by atoms with E-state index >= 15 is 0 Å². The number of hydrogen-bond acceptors (Lipinski definition) is 4. The lowest BCUT2D eigenvalue weighted by Crippen LogP contribution is -2.63. The zero-order valence-corrected chi connectivity index (χ0v) is 16.5. The van der Waals surface area contributed by atoms with Gasteiger partial charge in [0.05, 0.1) is 16.7 Å². The van der Waals surface area contributed by atoms with E-state index in [0.717, 1.165) is 11.1 Å². The van der Waals surface area contributed by atoms with Gasteiger partial charge < -0.3 is 16.2 Å². The van der Waals surface area contributed by atoms with E-state index in [4.69, 9.17) is 17.3 Å². The van der Waals surface area contributed by atoms with Crippen molar-refractivity contribution in [2.24, 2.45) is 17.6 Å². The number of aliphatic hydroxyl groups is 1. The molecule has 140 valence electrons. The summed E-state index contributed by atoms with van der Waals surface area (Å²) >= 11 is 8.12. The highest BCUT2D eigenvalue weighted by Crippen LogP contribution is 2.51. The van der Waals surface area contributed by atoms with Crippen LogP contribution in [0.25, 0.3) is 0 Å². The maximum absolute atomic E-state index is 12.4. The van der Waals surface area contributed by atoms with Crippen molar-refractivity contribution < 1.29 is 9.90 Å². The molecule has 26 heavy (non-hydrogen) atoms. The highest BCUT2D eigenvalue weighted by Gasteiger charge is 2.54. The molecular formula is C20H25ClN2O2S. The van der Waals surface area contributed by atoms with Gasteiger partial charge >= 0.3 is 0 Å². The molecule has 1 aliphatic carbocycles. The van der Waals surface area contributed by atoms with Gasteiger partial charge in [-0.15, -0.1) is 23.4 Å². The number of rotatable bonds is 2. The number of amides is 1. The zero-order chi connectivity index (χ0) is 18.6. The van der Waals surface area contributed by atoms with Crippen LogP contribution in [-0.2, 0) is 10.3 Å². The van der Waals surface area contributed by atoms with Crippen molar-refractivity contribution in [1.82, 2.24) is 5.32 Å². The van der Waals surface area contributed by atoms with Crippen molar-refractivity contribution in [2.75, 3.05) is 0 Å². The molecule has 0 radical (unpaired) electrons. The van der Waals surface area contributed by atoms with Crippen LogP contribution in [0.1, 0.15) is 37.3 Å². The molecule has 2 aliphatic heterocycles. The second-order valence-electron chi connectivity index (χ2n) is 8.26. The molecule has 7 unspecified atom stereocenters. The normalized spacial score (nSPS) is 39.3. The van der Waals surface area contributed by atoms with Gasteiger partial charge in [-0.05, 0) is 42.7 Å². The molecule has 4 rings (SSSR count). The predicted molar refractivity (Wildman–Crippen MR) is 106 cm³/mol. The van der Waals surface area contributed by atoms with E-state index in [1.54, 1.807) is 11.8 Å². The molecule has 1 aromatic carbocycles. The van der Waals surface area contributed by atoms with Gasteiger partial charge in [0.15, 0.2) is 0 Å². The zero-order valence-electron chi connectivity index (χ0n) is 14.9. The number of allylic oxidation sites excluding steroid dienone is 1. The van der Waals surface area contributed by atoms with Crippen molar-refractivity contribution in [2.45, 2.75) is 54.5 Å². The number of fused-ring (bicyclic) bond motifs is 3. The summed E-state index contributed by atoms with van der Waals surface area (Å²) in [7, 11) is 0. The Kier molecular flexibility index (Phi) is 4.63. The monoisotopic (exact) mass is 392 g/mol. The van der Waals surface area contributed by atoms with Crippen molar-refractivity contribution in [3.8, 4) is 0 Å². The summed E-state index contributed by atoms with van der Waals surface area (Å²) < 4.78 is 0. The van der Waals surface area contributed by atoms with E-state index in [1.807, 2.05) is 31.4 Å². The highest BCUT2D eigenvalue weighted by molar-refractivity contribution is 8.03. The Morgan fingerprint density at radius 2 is 2.00 bits per heavy atom. The summed E-state index contributed by atoms with van der Waals surface area (Å²) in [6, 6.07) is 8.11. The van der Waals surface area contributed by atoms with E-state index in [9.17, 15) is 9.90 Å². The third-order valence-electron chi connectivity index (χ3n) is 6.03. The molecule has 2 heterocycles. The molecule has 6 heteroatoms. The molecule has 0 bridgehead atoms. The maximum atomic E-state index is 12.4. The maximum Gasteiger partial charge on any atom is 0.234 e. The van der Waals surface area contributed by atoms with Crippen LogP contribution >= 0.6 is 23.4 Å². The van der Waals surface area contributed by atoms with Crippen LogP contribution in [0, 0.1) is 11.8 Å². The second-order valence-corrected chi connectivity index (χ2v) is 9.88. The van der Waals surface area contributed by atoms with Gasteiger partial charge in [-0.25, -0.2) is 0 Å². The van der Waals surface area contributed by atoms with Crippen LogP contribution in [-0.4, -0.2) is 33.8 Å². The van der Waals surface area contributed by atoms with Crippen LogP contribution < -0.4 is 11.1 Å². The van der Waals surface area contributed by atoms with Gasteiger partial charge in [0.25, 0.3) is 0 Å². The number of thioether (sulfide) groups is 1. The van der Waals surface area contributed by atoms with Crippen LogP contribution in [0.4, 0.5) is 0 Å². The van der Waals surface area contributed by atoms with Crippen LogP contribution in [0.3, 0.4) is 0 Å². The average Bonchev–Trinajstić information content (AvgIpc) is 3.06. The minimum absolute atomic E-state index is 0.0543. The van der Waals surface area contributed by atoms with Gasteiger partial charge in [-0.2, -0.15) is 0 Å². The lowest BCUT2D eigenvalue weighted by atomic mass is 9.63. The van der Waals surface area contributed by atoms with Gasteiger partial charge in [0.2, 0.25) is 5.91 Å². The smallest absolute Gasteiger partial charge is 0.234 e. The molecule has 7 atom stereocenters. The third-order valence-corrected chi connectivity index (χ3v) is 7.61. The Balaban J connectivity index is 1.72. The summed E-state index contributed by atoms with van der Waals surface area (Å²) in [5, 5.41) is 15.7. The van der Waals surface area contributed by atoms with Gasteiger partial charge in [-0.1, -0.05) is 30.3 Å². The van der Waals surface area contributed by atoms with Crippen LogP contribution in [0.15, 0.2) is 35.7 Å². The SMILES string of the molecule is CC(C)(N)c1ccc(C2C(O)CC(Cl)C3NC(=O)C4SC=CC4C32)cc1. The molecule has 0 aromatic heterocycles. The number of nitrogens with one attached hydrogen (secondary N) is 1. The minimum Gasteiger partial charge on any atom is -0.392 e. The van der Waals surface area contributed by atoms with E-state index in [0.29, 0.717) is 6.42 Å². The summed E-state index contributed by atoms with van der Waals surface area (Å²) in [5.74, 6) is 0.200. The van der Waals surface area contributed by atoms with Crippen molar-refractivity contribution >= 4 is 29.3 Å². The van der Waals surface area contributed by atoms with Crippen molar-refractivity contribution in [1.29, 1.82) is 0 Å². The lowest BCUT2D eigenvalue weighted by molar-refractivity contribution is -0.126. The molecule has 1 saturated carbocycles. The number of aliphatic hydroxyl groups excluding tert-OH is 1. The van der Waals surface area contributed by atoms with Gasteiger partial charge in [0, 0.05) is 23.4 Å². The first-order chi connectivity index (χ1) is 12.3. The third kappa shape index (κ3) is 2.99. The molecule has 4 N–H and O–H groups in total. The number of halogens is 1. The number of hydrogen-bond donors (Lipinski definition) is 3. The van der Waals surface area contributed by atoms with Crippen LogP contribution in [0.2, 0.25) is 0 Å². The predicted octanol–water partition coefficient (Wildman–Crippen LogP) is 2.70. The summed E-state index contributed by atoms with van der Waals surface area (Å²) in [5.41, 5.74) is 7.94. The molecule has 2 fully saturated rings. The topological polar surface area (TPSA) is 75.3 Å². The Bertz CT molecular complexity index is 730. The summed E-state index contributed by atoms with van der Waals surface area (Å²) in [6.45, 7) is 3.96. The number of benzene rings is 1. The fourth-order valence-corrected chi connectivity index (χ4v) is 6.22. The second kappa shape index (κ2) is 6.55. The molecular weight excluding hydrogens is 368 g/mol. The first kappa shape index (κ1) is 18.4. The van der Waals surface area contributed by atoms with E-state index in [-0.39, 0.29) is 40.3 Å². The number of carbonyl (C=O) groups is 1. The number of carbonyl (C=O) groups excluding carboxylic acids is 1. The molecule has 1 amide bonds. The average molecular weight is 393 g/mol. The van der Waals surface area contributed by atoms with E-state index in [2.05, 4.69) is 23.5 Å². The molecule has 1 saturated heterocycles. The Hall–Kier alpha value is -1.01. The Morgan fingerprint density at radius 3 is 2.65 bits per heavy atom. The van der Waals surface area contributed by atoms with Gasteiger partial charge in [0.1, 0.15) is 0 Å². The standard InChI is InChI=1S/C20H25ClN2O2S/c1-20(2,22)11-5-3-10(4-6-11)15-14(24)9-13(21)17-16(15)12-7-8-26-18(12)19(25)23-17/h3-8,12-18,24H,9,22H2,1-2H3,(H,23,25). The Morgan fingerprint density at radius 1 is 1.31 bits per heavy atom. The molecule has 1 aromatic rings. The fraction of sp³-hybridized carbons (Fsp3) is 0.550. The van der Waals surface area contributed by atoms with Gasteiger partial charge in [-0.3, -0.25) is 4.79 Å². The molecule has 4 nitrogen and oxygen atoms in total. The lowest BCUT2D eigenvalue weighted by Gasteiger charge is -2.50. The van der Waals surface area contributed by atoms with Crippen molar-refractivity contribution in [3.05, 3.63) is 46.9 Å². The molecule has 3 aliphatic rings. The number of alkyl halides is 1. The van der Waals surface area contributed by atoms with Crippen LogP contribution in [0.5, 0.6) is 0 Å². The highest BCUT2D eigenvalue weighted by atomic mass is 35.5. The minimum atomic E-state index is -0.523. The van der Waals surface area contributed by atoms with E-state index < -0.39 is 11.6 Å². The molecule has 0 spiro atoms. The fourth-order valence-electron chi connectivity index (χ4n) is 4.72.